The maximum atomic E-state index is 14.3. The largest absolute Gasteiger partial charge is 0.389 e. The Bertz CT molecular complexity index is 1230. The molecule has 0 fully saturated rings. The van der Waals surface area contributed by atoms with Crippen LogP contribution in [0.1, 0.15) is 46.7 Å². The predicted molar refractivity (Wildman–Crippen MR) is 121 cm³/mol. The molecule has 0 bridgehead atoms. The van der Waals surface area contributed by atoms with Gasteiger partial charge in [0.15, 0.2) is 5.82 Å². The number of fused-ring (bicyclic) bond motifs is 1. The monoisotopic (exact) mass is 466 g/mol. The van der Waals surface area contributed by atoms with E-state index in [9.17, 15) is 23.5 Å². The summed E-state index contributed by atoms with van der Waals surface area (Å²) in [6.45, 7) is 3.53. The minimum absolute atomic E-state index is 0.110. The number of amides is 2. The van der Waals surface area contributed by atoms with Crippen LogP contribution in [-0.2, 0) is 24.2 Å². The molecule has 0 spiro atoms. The Morgan fingerprint density at radius 2 is 1.71 bits per heavy atom. The van der Waals surface area contributed by atoms with E-state index in [-0.39, 0.29) is 49.1 Å². The number of nitrogens with one attached hydrogen (secondary N) is 2. The lowest BCUT2D eigenvalue weighted by Crippen LogP contribution is -2.38. The molecule has 0 unspecified atom stereocenters. The zero-order chi connectivity index (χ0) is 24.5. The summed E-state index contributed by atoms with van der Waals surface area (Å²) in [5.74, 6) is -2.21. The third kappa shape index (κ3) is 5.26. The minimum atomic E-state index is -0.992. The Labute approximate surface area is 195 Å². The van der Waals surface area contributed by atoms with Gasteiger partial charge in [0, 0.05) is 13.0 Å². The topological polar surface area (TPSA) is 104 Å². The first-order valence-corrected chi connectivity index (χ1v) is 10.8. The molecule has 0 saturated carbocycles. The molecule has 3 N–H and O–H groups in total. The fourth-order valence-electron chi connectivity index (χ4n) is 3.68. The average Bonchev–Trinajstić information content (AvgIpc) is 3.14. The summed E-state index contributed by atoms with van der Waals surface area (Å²) in [5, 5.41) is 15.1. The molecule has 176 valence electrons. The second-order valence-corrected chi connectivity index (χ2v) is 8.85. The SMILES string of the molecule is CC(C)(O)CNC(=O)Cc1ccc(Cc2nc(-c3c(F)cccc3F)nc3c2C(=O)NC3)cc1. The number of carbonyl (C=O) groups is 2. The number of nitrogens with zero attached hydrogens (tertiary/aromatic N) is 2. The van der Waals surface area contributed by atoms with Crippen LogP contribution >= 0.6 is 0 Å². The highest BCUT2D eigenvalue weighted by molar-refractivity contribution is 5.99. The molecule has 3 aromatic rings. The van der Waals surface area contributed by atoms with E-state index in [1.165, 1.54) is 6.07 Å². The van der Waals surface area contributed by atoms with Crippen LogP contribution in [0.5, 0.6) is 0 Å². The van der Waals surface area contributed by atoms with E-state index in [2.05, 4.69) is 20.6 Å². The van der Waals surface area contributed by atoms with Crippen molar-refractivity contribution < 1.29 is 23.5 Å². The van der Waals surface area contributed by atoms with Gasteiger partial charge in [0.25, 0.3) is 5.91 Å². The zero-order valence-corrected chi connectivity index (χ0v) is 18.8. The van der Waals surface area contributed by atoms with Crippen molar-refractivity contribution in [2.24, 2.45) is 0 Å². The first-order chi connectivity index (χ1) is 16.1. The Morgan fingerprint density at radius 1 is 1.06 bits per heavy atom. The van der Waals surface area contributed by atoms with Crippen LogP contribution in [0.4, 0.5) is 8.78 Å². The molecule has 34 heavy (non-hydrogen) atoms. The second-order valence-electron chi connectivity index (χ2n) is 8.85. The molecule has 2 heterocycles. The van der Waals surface area contributed by atoms with Crippen molar-refractivity contribution in [3.8, 4) is 11.4 Å². The van der Waals surface area contributed by atoms with Gasteiger partial charge in [-0.3, -0.25) is 9.59 Å². The lowest BCUT2D eigenvalue weighted by molar-refractivity contribution is -0.121. The molecule has 0 atom stereocenters. The van der Waals surface area contributed by atoms with Crippen molar-refractivity contribution in [2.75, 3.05) is 6.54 Å². The van der Waals surface area contributed by atoms with Gasteiger partial charge in [0.2, 0.25) is 5.91 Å². The van der Waals surface area contributed by atoms with Crippen molar-refractivity contribution in [2.45, 2.75) is 38.8 Å². The highest BCUT2D eigenvalue weighted by Gasteiger charge is 2.28. The van der Waals surface area contributed by atoms with Gasteiger partial charge in [-0.1, -0.05) is 30.3 Å². The maximum absolute atomic E-state index is 14.3. The molecule has 7 nitrogen and oxygen atoms in total. The predicted octanol–water partition coefficient (Wildman–Crippen LogP) is 2.69. The molecule has 1 aliphatic heterocycles. The van der Waals surface area contributed by atoms with Crippen LogP contribution in [0.3, 0.4) is 0 Å². The van der Waals surface area contributed by atoms with E-state index in [1.807, 2.05) is 12.1 Å². The number of carbonyl (C=O) groups excluding carboxylic acids is 2. The number of rotatable bonds is 7. The summed E-state index contributed by atoms with van der Waals surface area (Å²) < 4.78 is 28.7. The molecular weight excluding hydrogens is 442 g/mol. The molecule has 0 aliphatic carbocycles. The molecule has 0 saturated heterocycles. The van der Waals surface area contributed by atoms with Gasteiger partial charge in [0.05, 0.1) is 41.1 Å². The van der Waals surface area contributed by atoms with E-state index in [1.54, 1.807) is 26.0 Å². The minimum Gasteiger partial charge on any atom is -0.389 e. The van der Waals surface area contributed by atoms with Gasteiger partial charge >= 0.3 is 0 Å². The van der Waals surface area contributed by atoms with Crippen LogP contribution in [0.15, 0.2) is 42.5 Å². The van der Waals surface area contributed by atoms with Crippen molar-refractivity contribution in [3.05, 3.63) is 82.2 Å². The Hall–Kier alpha value is -3.72. The van der Waals surface area contributed by atoms with Crippen molar-refractivity contribution in [1.82, 2.24) is 20.6 Å². The molecule has 1 aliphatic rings. The molecular formula is C25H24F2N4O3. The Morgan fingerprint density at radius 3 is 2.35 bits per heavy atom. The lowest BCUT2D eigenvalue weighted by atomic mass is 10.0. The number of aromatic nitrogens is 2. The van der Waals surface area contributed by atoms with Gasteiger partial charge in [0.1, 0.15) is 11.6 Å². The number of halogens is 2. The third-order valence-electron chi connectivity index (χ3n) is 5.37. The summed E-state index contributed by atoms with van der Waals surface area (Å²) in [5.41, 5.74) is 1.33. The van der Waals surface area contributed by atoms with E-state index in [4.69, 9.17) is 0 Å². The normalized spacial score (nSPS) is 12.9. The van der Waals surface area contributed by atoms with E-state index < -0.39 is 17.2 Å². The van der Waals surface area contributed by atoms with Gasteiger partial charge in [-0.05, 0) is 37.1 Å². The molecule has 0 radical (unpaired) electrons. The quantitative estimate of drug-likeness (QED) is 0.497. The first kappa shape index (κ1) is 23.4. The first-order valence-electron chi connectivity index (χ1n) is 10.8. The summed E-state index contributed by atoms with van der Waals surface area (Å²) in [4.78, 5) is 33.0. The van der Waals surface area contributed by atoms with Crippen molar-refractivity contribution in [3.63, 3.8) is 0 Å². The highest BCUT2D eigenvalue weighted by atomic mass is 19.1. The van der Waals surface area contributed by atoms with E-state index >= 15 is 0 Å². The van der Waals surface area contributed by atoms with Crippen molar-refractivity contribution >= 4 is 11.8 Å². The molecule has 1 aromatic heterocycles. The fraction of sp³-hybridized carbons (Fsp3) is 0.280. The Kier molecular flexibility index (Phi) is 6.39. The smallest absolute Gasteiger partial charge is 0.255 e. The zero-order valence-electron chi connectivity index (χ0n) is 18.8. The number of hydrogen-bond donors (Lipinski definition) is 3. The van der Waals surface area contributed by atoms with Crippen molar-refractivity contribution in [1.29, 1.82) is 0 Å². The van der Waals surface area contributed by atoms with Gasteiger partial charge in [-0.25, -0.2) is 18.7 Å². The van der Waals surface area contributed by atoms with E-state index in [0.717, 1.165) is 23.3 Å². The highest BCUT2D eigenvalue weighted by Crippen LogP contribution is 2.27. The molecule has 2 amide bonds. The number of benzene rings is 2. The summed E-state index contributed by atoms with van der Waals surface area (Å²) in [6.07, 6.45) is 0.394. The van der Waals surface area contributed by atoms with Crippen LogP contribution in [0.2, 0.25) is 0 Å². The van der Waals surface area contributed by atoms with Gasteiger partial charge in [-0.2, -0.15) is 0 Å². The molecule has 4 rings (SSSR count). The van der Waals surface area contributed by atoms with Crippen LogP contribution in [-0.4, -0.2) is 39.0 Å². The average molecular weight is 466 g/mol. The van der Waals surface area contributed by atoms with Crippen LogP contribution in [0, 0.1) is 11.6 Å². The third-order valence-corrected chi connectivity index (χ3v) is 5.37. The molecule has 2 aromatic carbocycles. The summed E-state index contributed by atoms with van der Waals surface area (Å²) in [7, 11) is 0. The maximum Gasteiger partial charge on any atom is 0.255 e. The Balaban J connectivity index is 1.57. The van der Waals surface area contributed by atoms with Gasteiger partial charge < -0.3 is 15.7 Å². The van der Waals surface area contributed by atoms with Gasteiger partial charge in [-0.15, -0.1) is 0 Å². The number of hydrogen-bond acceptors (Lipinski definition) is 5. The summed E-state index contributed by atoms with van der Waals surface area (Å²) >= 11 is 0. The number of aliphatic hydroxyl groups is 1. The fourth-order valence-corrected chi connectivity index (χ4v) is 3.68. The summed E-state index contributed by atoms with van der Waals surface area (Å²) in [6, 6.07) is 10.7. The second kappa shape index (κ2) is 9.26. The van der Waals surface area contributed by atoms with Crippen LogP contribution < -0.4 is 10.6 Å². The van der Waals surface area contributed by atoms with E-state index in [0.29, 0.717) is 17.0 Å². The standard InChI is InChI=1S/C25H24F2N4O3/c1-25(2,34)13-29-20(32)11-15-8-6-14(7-9-15)10-18-22-19(12-28-24(22)33)31-23(30-18)21-16(26)4-3-5-17(21)27/h3-9,34H,10-13H2,1-2H3,(H,28,33)(H,29,32). The van der Waals surface area contributed by atoms with Crippen LogP contribution in [0.25, 0.3) is 11.4 Å². The lowest BCUT2D eigenvalue weighted by Gasteiger charge is -2.17. The molecule has 9 heteroatoms.